The highest BCUT2D eigenvalue weighted by molar-refractivity contribution is 4.83. The van der Waals surface area contributed by atoms with E-state index >= 15 is 0 Å². The monoisotopic (exact) mass is 286 g/mol. The minimum Gasteiger partial charge on any atom is -0.381 e. The van der Waals surface area contributed by atoms with Crippen molar-refractivity contribution in [3.05, 3.63) is 0 Å². The summed E-state index contributed by atoms with van der Waals surface area (Å²) in [5.74, 6) is 1.27. The van der Waals surface area contributed by atoms with Gasteiger partial charge in [-0.05, 0) is 31.1 Å². The molecule has 0 aliphatic rings. The van der Waals surface area contributed by atoms with Crippen LogP contribution >= 0.6 is 0 Å². The van der Waals surface area contributed by atoms with Crippen LogP contribution in [0.5, 0.6) is 0 Å². The van der Waals surface area contributed by atoms with E-state index in [1.165, 1.54) is 19.3 Å². The Morgan fingerprint density at radius 2 is 1.25 bits per heavy atom. The van der Waals surface area contributed by atoms with Crippen LogP contribution in [-0.2, 0) is 9.47 Å². The number of rotatable bonds is 13. The average Bonchev–Trinajstić information content (AvgIpc) is 2.38. The van der Waals surface area contributed by atoms with Crippen molar-refractivity contribution >= 4 is 0 Å². The molecule has 0 aliphatic carbocycles. The smallest absolute Gasteiger partial charge is 0.0547 e. The van der Waals surface area contributed by atoms with Crippen molar-refractivity contribution < 1.29 is 9.47 Å². The quantitative estimate of drug-likeness (QED) is 0.427. The van der Waals surface area contributed by atoms with Crippen molar-refractivity contribution in [2.24, 2.45) is 17.3 Å². The molecule has 0 atom stereocenters. The molecule has 0 saturated heterocycles. The number of hydrogen-bond donors (Lipinski definition) is 0. The Morgan fingerprint density at radius 1 is 0.800 bits per heavy atom. The molecule has 0 unspecified atom stereocenters. The summed E-state index contributed by atoms with van der Waals surface area (Å²) < 4.78 is 12.0. The largest absolute Gasteiger partial charge is 0.381 e. The lowest BCUT2D eigenvalue weighted by atomic mass is 9.72. The Morgan fingerprint density at radius 3 is 1.55 bits per heavy atom. The maximum absolute atomic E-state index is 5.98. The molecule has 0 aromatic rings. The van der Waals surface area contributed by atoms with Crippen molar-refractivity contribution in [1.82, 2.24) is 0 Å². The predicted octanol–water partition coefficient (Wildman–Crippen LogP) is 5.31. The maximum Gasteiger partial charge on any atom is 0.0547 e. The Kier molecular flexibility index (Phi) is 11.5. The minimum atomic E-state index is 0.176. The summed E-state index contributed by atoms with van der Waals surface area (Å²) in [6.07, 6.45) is 5.90. The average molecular weight is 286 g/mol. The first-order valence-corrected chi connectivity index (χ1v) is 8.64. The molecule has 0 amide bonds. The molecule has 0 N–H and O–H groups in total. The highest BCUT2D eigenvalue weighted by atomic mass is 16.5. The van der Waals surface area contributed by atoms with Crippen LogP contribution in [0.25, 0.3) is 0 Å². The highest BCUT2D eigenvalue weighted by Gasteiger charge is 2.35. The molecule has 0 fully saturated rings. The van der Waals surface area contributed by atoms with Crippen LogP contribution in [0.2, 0.25) is 0 Å². The topological polar surface area (TPSA) is 18.5 Å². The van der Waals surface area contributed by atoms with Gasteiger partial charge in [0.2, 0.25) is 0 Å². The molecule has 0 rings (SSSR count). The van der Waals surface area contributed by atoms with Gasteiger partial charge >= 0.3 is 0 Å². The fourth-order valence-corrected chi connectivity index (χ4v) is 2.59. The van der Waals surface area contributed by atoms with Crippen molar-refractivity contribution in [1.29, 1.82) is 0 Å². The first-order valence-electron chi connectivity index (χ1n) is 8.64. The van der Waals surface area contributed by atoms with Crippen LogP contribution in [0.15, 0.2) is 0 Å². The molecule has 2 nitrogen and oxygen atoms in total. The maximum atomic E-state index is 5.98. The van der Waals surface area contributed by atoms with Crippen LogP contribution < -0.4 is 0 Å². The molecule has 0 radical (unpaired) electrons. The van der Waals surface area contributed by atoms with Gasteiger partial charge in [-0.3, -0.25) is 0 Å². The summed E-state index contributed by atoms with van der Waals surface area (Å²) in [5, 5.41) is 0. The van der Waals surface area contributed by atoms with Crippen molar-refractivity contribution in [2.45, 2.75) is 73.6 Å². The lowest BCUT2D eigenvalue weighted by Crippen LogP contribution is -2.39. The van der Waals surface area contributed by atoms with E-state index in [4.69, 9.17) is 9.47 Å². The third-order valence-corrected chi connectivity index (χ3v) is 4.10. The van der Waals surface area contributed by atoms with Crippen LogP contribution in [0.3, 0.4) is 0 Å². The van der Waals surface area contributed by atoms with Crippen molar-refractivity contribution in [3.8, 4) is 0 Å². The van der Waals surface area contributed by atoms with Gasteiger partial charge in [-0.1, -0.05) is 54.4 Å². The second-order valence-electron chi connectivity index (χ2n) is 6.93. The number of ether oxygens (including phenoxy) is 2. The van der Waals surface area contributed by atoms with E-state index in [9.17, 15) is 0 Å². The SMILES string of the molecule is CCCCOCC(COCCCC)(CC(C)C)C(C)C. The standard InChI is InChI=1S/C18H38O2/c1-7-9-11-19-14-18(17(5)6,13-16(3)4)15-20-12-10-8-2/h16-17H,7-15H2,1-6H3. The van der Waals surface area contributed by atoms with E-state index in [-0.39, 0.29) is 5.41 Å². The zero-order valence-corrected chi connectivity index (χ0v) is 14.8. The van der Waals surface area contributed by atoms with E-state index in [2.05, 4.69) is 41.5 Å². The molecular formula is C18H38O2. The van der Waals surface area contributed by atoms with E-state index in [1.807, 2.05) is 0 Å². The third kappa shape index (κ3) is 8.26. The fourth-order valence-electron chi connectivity index (χ4n) is 2.59. The van der Waals surface area contributed by atoms with Crippen LogP contribution in [0.1, 0.15) is 73.6 Å². The molecule has 0 saturated carbocycles. The first-order chi connectivity index (χ1) is 9.48. The summed E-state index contributed by atoms with van der Waals surface area (Å²) in [5.41, 5.74) is 0.176. The second kappa shape index (κ2) is 11.6. The summed E-state index contributed by atoms with van der Waals surface area (Å²) in [6, 6.07) is 0. The van der Waals surface area contributed by atoms with Crippen LogP contribution in [-0.4, -0.2) is 26.4 Å². The van der Waals surface area contributed by atoms with E-state index in [0.29, 0.717) is 11.8 Å². The van der Waals surface area contributed by atoms with Gasteiger partial charge in [0.1, 0.15) is 0 Å². The van der Waals surface area contributed by atoms with E-state index in [0.717, 1.165) is 39.3 Å². The summed E-state index contributed by atoms with van der Waals surface area (Å²) >= 11 is 0. The van der Waals surface area contributed by atoms with Gasteiger partial charge in [-0.15, -0.1) is 0 Å². The molecule has 2 heteroatoms. The Bertz CT molecular complexity index is 199. The van der Waals surface area contributed by atoms with E-state index < -0.39 is 0 Å². The van der Waals surface area contributed by atoms with Crippen LogP contribution in [0, 0.1) is 17.3 Å². The zero-order valence-electron chi connectivity index (χ0n) is 14.8. The minimum absolute atomic E-state index is 0.176. The van der Waals surface area contributed by atoms with Gasteiger partial charge in [0.15, 0.2) is 0 Å². The lowest BCUT2D eigenvalue weighted by molar-refractivity contribution is -0.0600. The highest BCUT2D eigenvalue weighted by Crippen LogP contribution is 2.35. The third-order valence-electron chi connectivity index (χ3n) is 4.10. The molecule has 0 aromatic heterocycles. The Hall–Kier alpha value is -0.0800. The lowest BCUT2D eigenvalue weighted by Gasteiger charge is -2.38. The molecule has 0 aliphatic heterocycles. The van der Waals surface area contributed by atoms with E-state index in [1.54, 1.807) is 0 Å². The second-order valence-corrected chi connectivity index (χ2v) is 6.93. The normalized spacial score (nSPS) is 12.6. The first kappa shape index (κ1) is 19.9. The van der Waals surface area contributed by atoms with Gasteiger partial charge in [0.25, 0.3) is 0 Å². The molecule has 0 bridgehead atoms. The van der Waals surface area contributed by atoms with Gasteiger partial charge in [-0.25, -0.2) is 0 Å². The summed E-state index contributed by atoms with van der Waals surface area (Å²) in [4.78, 5) is 0. The fraction of sp³-hybridized carbons (Fsp3) is 1.00. The van der Waals surface area contributed by atoms with Gasteiger partial charge in [0, 0.05) is 18.6 Å². The van der Waals surface area contributed by atoms with Crippen molar-refractivity contribution in [2.75, 3.05) is 26.4 Å². The molecule has 0 spiro atoms. The van der Waals surface area contributed by atoms with Gasteiger partial charge in [0.05, 0.1) is 13.2 Å². The molecule has 20 heavy (non-hydrogen) atoms. The molecule has 0 aromatic carbocycles. The summed E-state index contributed by atoms with van der Waals surface area (Å²) in [6.45, 7) is 17.1. The van der Waals surface area contributed by atoms with Gasteiger partial charge in [-0.2, -0.15) is 0 Å². The zero-order chi connectivity index (χ0) is 15.4. The summed E-state index contributed by atoms with van der Waals surface area (Å²) in [7, 11) is 0. The molecule has 122 valence electrons. The Labute approximate surface area is 127 Å². The molecule has 0 heterocycles. The van der Waals surface area contributed by atoms with Crippen LogP contribution in [0.4, 0.5) is 0 Å². The van der Waals surface area contributed by atoms with Gasteiger partial charge < -0.3 is 9.47 Å². The predicted molar refractivity (Wildman–Crippen MR) is 88.2 cm³/mol. The Balaban J connectivity index is 4.50. The van der Waals surface area contributed by atoms with Crippen molar-refractivity contribution in [3.63, 3.8) is 0 Å². The molecular weight excluding hydrogens is 248 g/mol. The number of hydrogen-bond acceptors (Lipinski definition) is 2. The number of unbranched alkanes of at least 4 members (excludes halogenated alkanes) is 2.